The van der Waals surface area contributed by atoms with Crippen LogP contribution in [0.15, 0.2) is 72.1 Å². The number of hydrogen-bond donors (Lipinski definition) is 1. The normalized spacial score (nSPS) is 15.3. The maximum atomic E-state index is 12.7. The van der Waals surface area contributed by atoms with Crippen molar-refractivity contribution in [3.05, 3.63) is 93.7 Å². The summed E-state index contributed by atoms with van der Waals surface area (Å²) < 4.78 is 5.80. The molecule has 0 unspecified atom stereocenters. The summed E-state index contributed by atoms with van der Waals surface area (Å²) in [5.74, 6) is 0. The maximum absolute atomic E-state index is 12.7. The number of carbonyl (C=O) groups excluding carboxylic acids is 1. The molecular weight excluding hydrogens is 392 g/mol. The number of ether oxygens (including phenoxy) is 1. The van der Waals surface area contributed by atoms with Crippen molar-refractivity contribution in [2.24, 2.45) is 0 Å². The third-order valence-electron chi connectivity index (χ3n) is 5.67. The van der Waals surface area contributed by atoms with Gasteiger partial charge in [-0.3, -0.25) is 4.90 Å². The molecule has 1 N–H and O–H groups in total. The standard InChI is InChI=1S/C25H28N2O2S/c1-19-14-17-30-23(19)18-27-15-12-22(13-16-27)29-25(28)26-24(20-8-4-2-5-9-20)21-10-6-3-7-11-21/h2-11,14,17,22,24H,12-13,15-16,18H2,1H3,(H,26,28). The van der Waals surface area contributed by atoms with E-state index in [1.165, 1.54) is 10.4 Å². The van der Waals surface area contributed by atoms with Gasteiger partial charge in [-0.25, -0.2) is 4.79 Å². The van der Waals surface area contributed by atoms with Crippen LogP contribution in [0.5, 0.6) is 0 Å². The fourth-order valence-electron chi connectivity index (χ4n) is 3.91. The molecule has 1 aromatic heterocycles. The molecule has 1 aliphatic rings. The third-order valence-corrected chi connectivity index (χ3v) is 6.68. The van der Waals surface area contributed by atoms with Crippen molar-refractivity contribution in [3.63, 3.8) is 0 Å². The average molecular weight is 421 g/mol. The number of aryl methyl sites for hydroxylation is 1. The molecule has 1 aliphatic heterocycles. The van der Waals surface area contributed by atoms with Crippen LogP contribution in [0.25, 0.3) is 0 Å². The molecule has 2 heterocycles. The first kappa shape index (κ1) is 20.6. The van der Waals surface area contributed by atoms with Gasteiger partial charge in [-0.05, 0) is 47.9 Å². The fourth-order valence-corrected chi connectivity index (χ4v) is 4.86. The summed E-state index contributed by atoms with van der Waals surface area (Å²) in [6.07, 6.45) is 1.37. The number of alkyl carbamates (subject to hydrolysis) is 1. The summed E-state index contributed by atoms with van der Waals surface area (Å²) in [4.78, 5) is 16.6. The highest BCUT2D eigenvalue weighted by atomic mass is 32.1. The van der Waals surface area contributed by atoms with Crippen molar-refractivity contribution >= 4 is 17.4 Å². The number of carbonyl (C=O) groups is 1. The Labute approximate surface area is 182 Å². The van der Waals surface area contributed by atoms with Gasteiger partial charge in [0.2, 0.25) is 0 Å². The van der Waals surface area contributed by atoms with E-state index in [0.717, 1.165) is 43.6 Å². The molecule has 3 aromatic rings. The molecule has 30 heavy (non-hydrogen) atoms. The first-order valence-electron chi connectivity index (χ1n) is 10.5. The van der Waals surface area contributed by atoms with Crippen LogP contribution >= 0.6 is 11.3 Å². The van der Waals surface area contributed by atoms with Crippen molar-refractivity contribution in [1.82, 2.24) is 10.2 Å². The molecule has 1 amide bonds. The predicted molar refractivity (Wildman–Crippen MR) is 122 cm³/mol. The van der Waals surface area contributed by atoms with Gasteiger partial charge in [0, 0.05) is 24.5 Å². The summed E-state index contributed by atoms with van der Waals surface area (Å²) in [5.41, 5.74) is 3.45. The number of nitrogens with zero attached hydrogens (tertiary/aromatic N) is 1. The third kappa shape index (κ3) is 5.29. The second-order valence-electron chi connectivity index (χ2n) is 7.81. The molecule has 0 bridgehead atoms. The summed E-state index contributed by atoms with van der Waals surface area (Å²) in [6, 6.07) is 22.0. The summed E-state index contributed by atoms with van der Waals surface area (Å²) in [7, 11) is 0. The van der Waals surface area contributed by atoms with Gasteiger partial charge in [0.05, 0.1) is 6.04 Å². The van der Waals surface area contributed by atoms with Crippen LogP contribution in [0.2, 0.25) is 0 Å². The summed E-state index contributed by atoms with van der Waals surface area (Å²) in [5, 5.41) is 5.23. The number of amides is 1. The van der Waals surface area contributed by atoms with Gasteiger partial charge in [-0.15, -0.1) is 11.3 Å². The Kier molecular flexibility index (Phi) is 6.82. The van der Waals surface area contributed by atoms with Crippen molar-refractivity contribution in [2.75, 3.05) is 13.1 Å². The number of likely N-dealkylation sites (tertiary alicyclic amines) is 1. The molecule has 0 spiro atoms. The quantitative estimate of drug-likeness (QED) is 0.569. The van der Waals surface area contributed by atoms with Gasteiger partial charge < -0.3 is 10.1 Å². The Morgan fingerprint density at radius 3 is 2.17 bits per heavy atom. The van der Waals surface area contributed by atoms with E-state index in [2.05, 4.69) is 28.6 Å². The number of hydrogen-bond acceptors (Lipinski definition) is 4. The summed E-state index contributed by atoms with van der Waals surface area (Å²) >= 11 is 1.82. The molecule has 5 heteroatoms. The Morgan fingerprint density at radius 1 is 1.03 bits per heavy atom. The van der Waals surface area contributed by atoms with Crippen LogP contribution in [0.3, 0.4) is 0 Å². The number of rotatable bonds is 6. The molecular formula is C25H28N2O2S. The van der Waals surface area contributed by atoms with Crippen LogP contribution in [0.4, 0.5) is 4.79 Å². The van der Waals surface area contributed by atoms with Crippen LogP contribution < -0.4 is 5.32 Å². The van der Waals surface area contributed by atoms with E-state index in [1.54, 1.807) is 0 Å². The minimum atomic E-state index is -0.347. The van der Waals surface area contributed by atoms with Gasteiger partial charge >= 0.3 is 6.09 Å². The van der Waals surface area contributed by atoms with Gasteiger partial charge in [-0.1, -0.05) is 60.7 Å². The van der Waals surface area contributed by atoms with E-state index in [0.29, 0.717) is 0 Å². The van der Waals surface area contributed by atoms with E-state index in [9.17, 15) is 4.79 Å². The number of benzene rings is 2. The van der Waals surface area contributed by atoms with Gasteiger partial charge in [0.25, 0.3) is 0 Å². The topological polar surface area (TPSA) is 41.6 Å². The van der Waals surface area contributed by atoms with Gasteiger partial charge in [0.1, 0.15) is 6.10 Å². The molecule has 4 rings (SSSR count). The van der Waals surface area contributed by atoms with E-state index < -0.39 is 0 Å². The van der Waals surface area contributed by atoms with Crippen LogP contribution in [0, 0.1) is 6.92 Å². The van der Waals surface area contributed by atoms with Crippen molar-refractivity contribution in [1.29, 1.82) is 0 Å². The highest BCUT2D eigenvalue weighted by Crippen LogP contribution is 2.24. The molecule has 0 atom stereocenters. The van der Waals surface area contributed by atoms with E-state index in [1.807, 2.05) is 72.0 Å². The molecule has 0 radical (unpaired) electrons. The molecule has 0 aliphatic carbocycles. The molecule has 4 nitrogen and oxygen atoms in total. The fraction of sp³-hybridized carbons (Fsp3) is 0.320. The molecule has 1 saturated heterocycles. The van der Waals surface area contributed by atoms with Crippen LogP contribution in [0.1, 0.15) is 40.5 Å². The summed E-state index contributed by atoms with van der Waals surface area (Å²) in [6.45, 7) is 5.07. The Bertz CT molecular complexity index is 895. The largest absolute Gasteiger partial charge is 0.446 e. The smallest absolute Gasteiger partial charge is 0.408 e. The predicted octanol–water partition coefficient (Wildman–Crippen LogP) is 5.54. The van der Waals surface area contributed by atoms with Crippen LogP contribution in [-0.2, 0) is 11.3 Å². The molecule has 0 saturated carbocycles. The molecule has 156 valence electrons. The van der Waals surface area contributed by atoms with Crippen LogP contribution in [-0.4, -0.2) is 30.2 Å². The SMILES string of the molecule is Cc1ccsc1CN1CCC(OC(=O)NC(c2ccccc2)c2ccccc2)CC1. The van der Waals surface area contributed by atoms with E-state index in [4.69, 9.17) is 4.74 Å². The van der Waals surface area contributed by atoms with E-state index >= 15 is 0 Å². The Balaban J connectivity index is 1.33. The van der Waals surface area contributed by atoms with Gasteiger partial charge in [0.15, 0.2) is 0 Å². The van der Waals surface area contributed by atoms with Crippen molar-refractivity contribution in [2.45, 2.75) is 38.5 Å². The second kappa shape index (κ2) is 9.92. The zero-order chi connectivity index (χ0) is 20.8. The number of nitrogens with one attached hydrogen (secondary N) is 1. The molecule has 2 aromatic carbocycles. The van der Waals surface area contributed by atoms with Crippen molar-refractivity contribution < 1.29 is 9.53 Å². The zero-order valence-electron chi connectivity index (χ0n) is 17.3. The lowest BCUT2D eigenvalue weighted by Gasteiger charge is -2.32. The van der Waals surface area contributed by atoms with E-state index in [-0.39, 0.29) is 18.2 Å². The number of piperidine rings is 1. The molecule has 1 fully saturated rings. The lowest BCUT2D eigenvalue weighted by molar-refractivity contribution is 0.0479. The first-order chi connectivity index (χ1) is 14.7. The second-order valence-corrected chi connectivity index (χ2v) is 8.81. The minimum absolute atomic E-state index is 0.0297. The Hall–Kier alpha value is -2.63. The first-order valence-corrected chi connectivity index (χ1v) is 11.4. The average Bonchev–Trinajstić information content (AvgIpc) is 3.19. The number of thiophene rings is 1. The minimum Gasteiger partial charge on any atom is -0.446 e. The Morgan fingerprint density at radius 2 is 1.63 bits per heavy atom. The van der Waals surface area contributed by atoms with Gasteiger partial charge in [-0.2, -0.15) is 0 Å². The highest BCUT2D eigenvalue weighted by Gasteiger charge is 2.24. The lowest BCUT2D eigenvalue weighted by atomic mass is 9.99. The zero-order valence-corrected chi connectivity index (χ0v) is 18.1. The lowest BCUT2D eigenvalue weighted by Crippen LogP contribution is -2.40. The monoisotopic (exact) mass is 420 g/mol. The van der Waals surface area contributed by atoms with Crippen molar-refractivity contribution in [3.8, 4) is 0 Å². The highest BCUT2D eigenvalue weighted by molar-refractivity contribution is 7.10. The maximum Gasteiger partial charge on any atom is 0.408 e.